The topological polar surface area (TPSA) is 83.1 Å². The number of aromatic nitrogens is 1. The predicted molar refractivity (Wildman–Crippen MR) is 89.2 cm³/mol. The van der Waals surface area contributed by atoms with Crippen LogP contribution in [0.2, 0.25) is 0 Å². The lowest BCUT2D eigenvalue weighted by Crippen LogP contribution is -2.29. The van der Waals surface area contributed by atoms with Gasteiger partial charge in [-0.3, -0.25) is 14.2 Å². The Hall–Kier alpha value is -2.94. The van der Waals surface area contributed by atoms with Crippen LogP contribution in [0.15, 0.2) is 29.1 Å². The van der Waals surface area contributed by atoms with Crippen molar-refractivity contribution in [1.29, 1.82) is 5.26 Å². The Kier molecular flexibility index (Phi) is 4.41. The quantitative estimate of drug-likeness (QED) is 0.870. The van der Waals surface area contributed by atoms with Crippen LogP contribution in [-0.2, 0) is 0 Å². The molecule has 0 bridgehead atoms. The molecule has 0 unspecified atom stereocenters. The van der Waals surface area contributed by atoms with Crippen LogP contribution in [0.3, 0.4) is 0 Å². The van der Waals surface area contributed by atoms with Crippen molar-refractivity contribution in [3.05, 3.63) is 62.7 Å². The molecule has 1 fully saturated rings. The largest absolute Gasteiger partial charge is 0.494 e. The summed E-state index contributed by atoms with van der Waals surface area (Å²) in [6.07, 6.45) is 3.19. The molecule has 1 N–H and O–H groups in total. The predicted octanol–water partition coefficient (Wildman–Crippen LogP) is 3.22. The van der Waals surface area contributed by atoms with Crippen LogP contribution >= 0.6 is 0 Å². The third kappa shape index (κ3) is 2.72. The average Bonchev–Trinajstić information content (AvgIpc) is 3.09. The van der Waals surface area contributed by atoms with Crippen LogP contribution in [-0.4, -0.2) is 15.5 Å². The molecule has 0 saturated heterocycles. The molecule has 0 aliphatic heterocycles. The Bertz CT molecular complexity index is 950. The fourth-order valence-corrected chi connectivity index (χ4v) is 3.47. The van der Waals surface area contributed by atoms with Gasteiger partial charge in [-0.1, -0.05) is 25.0 Å². The van der Waals surface area contributed by atoms with Crippen molar-refractivity contribution >= 4 is 5.78 Å². The number of rotatable bonds is 3. The van der Waals surface area contributed by atoms with Crippen molar-refractivity contribution in [2.45, 2.75) is 38.6 Å². The fourth-order valence-electron chi connectivity index (χ4n) is 3.47. The number of pyridine rings is 1. The Labute approximate surface area is 144 Å². The number of nitriles is 1. The van der Waals surface area contributed by atoms with E-state index in [1.807, 2.05) is 6.07 Å². The molecule has 0 spiro atoms. The number of carbonyl (C=O) groups is 1. The molecule has 1 aromatic heterocycles. The first-order valence-corrected chi connectivity index (χ1v) is 8.14. The van der Waals surface area contributed by atoms with Crippen molar-refractivity contribution in [2.75, 3.05) is 0 Å². The zero-order valence-electron chi connectivity index (χ0n) is 13.8. The molecule has 1 heterocycles. The normalized spacial score (nSPS) is 14.4. The molecule has 5 nitrogen and oxygen atoms in total. The maximum atomic E-state index is 14.0. The average molecular weight is 340 g/mol. The van der Waals surface area contributed by atoms with E-state index in [9.17, 15) is 24.3 Å². The van der Waals surface area contributed by atoms with Crippen LogP contribution in [0.1, 0.15) is 58.8 Å². The van der Waals surface area contributed by atoms with Crippen LogP contribution in [0.25, 0.3) is 0 Å². The molecule has 6 heteroatoms. The highest BCUT2D eigenvalue weighted by Gasteiger charge is 2.30. The van der Waals surface area contributed by atoms with Gasteiger partial charge >= 0.3 is 0 Å². The lowest BCUT2D eigenvalue weighted by molar-refractivity contribution is 0.103. The van der Waals surface area contributed by atoms with E-state index in [-0.39, 0.29) is 28.3 Å². The van der Waals surface area contributed by atoms with Gasteiger partial charge in [-0.05, 0) is 37.5 Å². The minimum Gasteiger partial charge on any atom is -0.494 e. The van der Waals surface area contributed by atoms with E-state index >= 15 is 0 Å². The first-order valence-electron chi connectivity index (χ1n) is 8.14. The molecule has 128 valence electrons. The van der Waals surface area contributed by atoms with Gasteiger partial charge in [0.05, 0.1) is 11.1 Å². The second-order valence-corrected chi connectivity index (χ2v) is 6.23. The van der Waals surface area contributed by atoms with Gasteiger partial charge in [0.25, 0.3) is 5.56 Å². The maximum absolute atomic E-state index is 14.0. The van der Waals surface area contributed by atoms with E-state index in [1.54, 1.807) is 0 Å². The second-order valence-electron chi connectivity index (χ2n) is 6.23. The summed E-state index contributed by atoms with van der Waals surface area (Å²) < 4.78 is 15.1. The zero-order valence-corrected chi connectivity index (χ0v) is 13.8. The van der Waals surface area contributed by atoms with Gasteiger partial charge in [0.15, 0.2) is 0 Å². The Morgan fingerprint density at radius 1 is 1.32 bits per heavy atom. The Balaban J connectivity index is 2.28. The van der Waals surface area contributed by atoms with Crippen LogP contribution < -0.4 is 5.56 Å². The number of halogens is 1. The molecular weight excluding hydrogens is 323 g/mol. The first-order chi connectivity index (χ1) is 12.0. The zero-order chi connectivity index (χ0) is 18.1. The highest BCUT2D eigenvalue weighted by molar-refractivity contribution is 6.11. The van der Waals surface area contributed by atoms with E-state index in [0.29, 0.717) is 12.8 Å². The number of carbonyl (C=O) groups excluding carboxylic acids is 1. The molecule has 0 amide bonds. The monoisotopic (exact) mass is 340 g/mol. The summed E-state index contributed by atoms with van der Waals surface area (Å²) in [5, 5.41) is 20.0. The van der Waals surface area contributed by atoms with Gasteiger partial charge in [0, 0.05) is 6.04 Å². The molecule has 1 aliphatic carbocycles. The third-order valence-corrected chi connectivity index (χ3v) is 4.78. The number of hydrogen-bond donors (Lipinski definition) is 1. The fraction of sp³-hybridized carbons (Fsp3) is 0.316. The van der Waals surface area contributed by atoms with Crippen LogP contribution in [0.5, 0.6) is 5.88 Å². The first kappa shape index (κ1) is 16.9. The standard InChI is InChI=1S/C19H17FN2O3/c1-11-14(10-21)18(24)22(12-6-2-3-7-12)19(25)16(11)17(23)13-8-4-5-9-15(13)20/h4-5,8-9,12,25H,2-3,6-7H2,1H3. The molecule has 1 aromatic carbocycles. The molecule has 0 atom stereocenters. The van der Waals surface area contributed by atoms with Gasteiger partial charge in [0.2, 0.25) is 11.7 Å². The summed E-state index contributed by atoms with van der Waals surface area (Å²) in [6.45, 7) is 1.42. The van der Waals surface area contributed by atoms with Gasteiger partial charge in [-0.25, -0.2) is 4.39 Å². The summed E-state index contributed by atoms with van der Waals surface area (Å²) in [5.74, 6) is -1.94. The highest BCUT2D eigenvalue weighted by Crippen LogP contribution is 2.34. The third-order valence-electron chi connectivity index (χ3n) is 4.78. The lowest BCUT2D eigenvalue weighted by atomic mass is 9.96. The van der Waals surface area contributed by atoms with Crippen molar-refractivity contribution in [2.24, 2.45) is 0 Å². The number of hydrogen-bond acceptors (Lipinski definition) is 4. The van der Waals surface area contributed by atoms with Crippen molar-refractivity contribution in [1.82, 2.24) is 4.57 Å². The van der Waals surface area contributed by atoms with Gasteiger partial charge in [0.1, 0.15) is 17.4 Å². The number of aromatic hydroxyl groups is 1. The second kappa shape index (κ2) is 6.52. The lowest BCUT2D eigenvalue weighted by Gasteiger charge is -2.20. The van der Waals surface area contributed by atoms with Gasteiger partial charge in [-0.2, -0.15) is 5.26 Å². The minimum atomic E-state index is -0.739. The molecule has 1 saturated carbocycles. The summed E-state index contributed by atoms with van der Waals surface area (Å²) in [4.78, 5) is 25.4. The number of nitrogens with zero attached hydrogens (tertiary/aromatic N) is 2. The molecular formula is C19H17FN2O3. The Morgan fingerprint density at radius 2 is 1.96 bits per heavy atom. The van der Waals surface area contributed by atoms with E-state index in [2.05, 4.69) is 0 Å². The van der Waals surface area contributed by atoms with E-state index < -0.39 is 23.0 Å². The van der Waals surface area contributed by atoms with Crippen molar-refractivity contribution in [3.63, 3.8) is 0 Å². The summed E-state index contributed by atoms with van der Waals surface area (Å²) >= 11 is 0. The Morgan fingerprint density at radius 3 is 2.56 bits per heavy atom. The molecule has 1 aliphatic rings. The van der Waals surface area contributed by atoms with E-state index in [0.717, 1.165) is 23.5 Å². The van der Waals surface area contributed by atoms with Crippen molar-refractivity contribution < 1.29 is 14.3 Å². The smallest absolute Gasteiger partial charge is 0.271 e. The van der Waals surface area contributed by atoms with Gasteiger partial charge < -0.3 is 5.11 Å². The number of ketones is 1. The molecule has 3 rings (SSSR count). The minimum absolute atomic E-state index is 0.0764. The van der Waals surface area contributed by atoms with Crippen LogP contribution in [0, 0.1) is 24.1 Å². The van der Waals surface area contributed by atoms with E-state index in [1.165, 1.54) is 25.1 Å². The molecule has 25 heavy (non-hydrogen) atoms. The SMILES string of the molecule is Cc1c(C(=O)c2ccccc2F)c(O)n(C2CCCC2)c(=O)c1C#N. The number of benzene rings is 1. The van der Waals surface area contributed by atoms with Crippen LogP contribution in [0.4, 0.5) is 4.39 Å². The van der Waals surface area contributed by atoms with Crippen molar-refractivity contribution in [3.8, 4) is 11.9 Å². The highest BCUT2D eigenvalue weighted by atomic mass is 19.1. The van der Waals surface area contributed by atoms with E-state index in [4.69, 9.17) is 0 Å². The molecule has 2 aromatic rings. The molecule has 0 radical (unpaired) electrons. The summed E-state index contributed by atoms with van der Waals surface area (Å²) in [5.41, 5.74) is -1.11. The summed E-state index contributed by atoms with van der Waals surface area (Å²) in [7, 11) is 0. The van der Waals surface area contributed by atoms with Gasteiger partial charge in [-0.15, -0.1) is 0 Å². The maximum Gasteiger partial charge on any atom is 0.271 e. The summed E-state index contributed by atoms with van der Waals surface area (Å²) in [6, 6.07) is 7.00.